The van der Waals surface area contributed by atoms with Gasteiger partial charge in [-0.05, 0) is 59.9 Å². The van der Waals surface area contributed by atoms with Crippen molar-refractivity contribution in [3.05, 3.63) is 22.4 Å². The number of carbonyl (C=O) groups is 1. The molecule has 1 aromatic rings. The molecule has 1 atom stereocenters. The Bertz CT molecular complexity index is 529. The smallest absolute Gasteiger partial charge is 0.244 e. The summed E-state index contributed by atoms with van der Waals surface area (Å²) < 4.78 is 0. The fourth-order valence-corrected chi connectivity index (χ4v) is 4.92. The molecule has 1 aromatic heterocycles. The van der Waals surface area contributed by atoms with Crippen LogP contribution in [0.2, 0.25) is 0 Å². The van der Waals surface area contributed by atoms with Crippen molar-refractivity contribution in [1.82, 2.24) is 10.2 Å². The zero-order chi connectivity index (χ0) is 14.5. The van der Waals surface area contributed by atoms with Crippen molar-refractivity contribution in [2.45, 2.75) is 63.6 Å². The summed E-state index contributed by atoms with van der Waals surface area (Å²) in [7, 11) is 0. The van der Waals surface area contributed by atoms with Gasteiger partial charge in [-0.25, -0.2) is 0 Å². The van der Waals surface area contributed by atoms with E-state index in [1.807, 2.05) is 0 Å². The Hall–Kier alpha value is -0.870. The van der Waals surface area contributed by atoms with Crippen molar-refractivity contribution in [3.63, 3.8) is 0 Å². The molecule has 1 unspecified atom stereocenters. The van der Waals surface area contributed by atoms with E-state index in [9.17, 15) is 4.79 Å². The van der Waals surface area contributed by atoms with Gasteiger partial charge in [0.05, 0.1) is 0 Å². The number of carbonyl (C=O) groups excluding carboxylic acids is 1. The molecule has 3 nitrogen and oxygen atoms in total. The molecular weight excluding hydrogens is 280 g/mol. The van der Waals surface area contributed by atoms with E-state index in [0.29, 0.717) is 11.3 Å². The van der Waals surface area contributed by atoms with Crippen LogP contribution in [-0.2, 0) is 4.79 Å². The number of hydrogen-bond acceptors (Lipinski definition) is 3. The van der Waals surface area contributed by atoms with Crippen LogP contribution in [0.4, 0.5) is 0 Å². The zero-order valence-corrected chi connectivity index (χ0v) is 13.5. The Balaban J connectivity index is 1.62. The number of rotatable bonds is 4. The summed E-state index contributed by atoms with van der Waals surface area (Å²) in [5.74, 6) is 0.360. The molecule has 1 aliphatic heterocycles. The quantitative estimate of drug-likeness (QED) is 0.920. The van der Waals surface area contributed by atoms with Gasteiger partial charge in [0.1, 0.15) is 11.7 Å². The van der Waals surface area contributed by atoms with Crippen LogP contribution in [-0.4, -0.2) is 22.9 Å². The van der Waals surface area contributed by atoms with Gasteiger partial charge < -0.3 is 4.90 Å². The van der Waals surface area contributed by atoms with Crippen molar-refractivity contribution in [2.24, 2.45) is 5.41 Å². The minimum absolute atomic E-state index is 0.107. The highest BCUT2D eigenvalue weighted by Crippen LogP contribution is 2.49. The van der Waals surface area contributed by atoms with E-state index in [2.05, 4.69) is 34.0 Å². The van der Waals surface area contributed by atoms with Crippen molar-refractivity contribution < 1.29 is 4.79 Å². The first-order valence-electron chi connectivity index (χ1n) is 8.29. The monoisotopic (exact) mass is 304 g/mol. The molecule has 1 spiro atoms. The molecule has 1 amide bonds. The molecule has 4 heteroatoms. The third-order valence-electron chi connectivity index (χ3n) is 5.92. The van der Waals surface area contributed by atoms with Crippen molar-refractivity contribution in [3.8, 4) is 0 Å². The molecule has 3 fully saturated rings. The summed E-state index contributed by atoms with van der Waals surface area (Å²) >= 11 is 1.72. The lowest BCUT2D eigenvalue weighted by Crippen LogP contribution is -2.40. The number of thiophene rings is 1. The van der Waals surface area contributed by atoms with Gasteiger partial charge in [-0.2, -0.15) is 11.3 Å². The largest absolute Gasteiger partial charge is 0.321 e. The second kappa shape index (κ2) is 4.82. The SMILES string of the molecule is CCC1(CN2C(=O)C3(CC3)NC2c2ccsc2)CCCC1. The van der Waals surface area contributed by atoms with Crippen LogP contribution in [0, 0.1) is 5.41 Å². The maximum absolute atomic E-state index is 12.9. The summed E-state index contributed by atoms with van der Waals surface area (Å²) in [4.78, 5) is 15.1. The summed E-state index contributed by atoms with van der Waals surface area (Å²) in [6.45, 7) is 3.24. The topological polar surface area (TPSA) is 32.3 Å². The number of hydrogen-bond donors (Lipinski definition) is 1. The molecule has 4 rings (SSSR count). The van der Waals surface area contributed by atoms with E-state index >= 15 is 0 Å². The van der Waals surface area contributed by atoms with E-state index in [0.717, 1.165) is 19.4 Å². The van der Waals surface area contributed by atoms with E-state index in [-0.39, 0.29) is 11.7 Å². The predicted molar refractivity (Wildman–Crippen MR) is 85.1 cm³/mol. The van der Waals surface area contributed by atoms with Crippen molar-refractivity contribution >= 4 is 17.2 Å². The molecule has 1 N–H and O–H groups in total. The van der Waals surface area contributed by atoms with Crippen LogP contribution in [0.5, 0.6) is 0 Å². The van der Waals surface area contributed by atoms with E-state index in [1.165, 1.54) is 37.7 Å². The number of nitrogens with one attached hydrogen (secondary N) is 1. The van der Waals surface area contributed by atoms with E-state index < -0.39 is 0 Å². The van der Waals surface area contributed by atoms with Crippen LogP contribution in [0.1, 0.15) is 63.6 Å². The minimum atomic E-state index is -0.208. The Kier molecular flexibility index (Phi) is 3.16. The van der Waals surface area contributed by atoms with Crippen molar-refractivity contribution in [2.75, 3.05) is 6.54 Å². The van der Waals surface area contributed by atoms with Gasteiger partial charge in [-0.15, -0.1) is 0 Å². The van der Waals surface area contributed by atoms with Crippen LogP contribution in [0.3, 0.4) is 0 Å². The summed E-state index contributed by atoms with van der Waals surface area (Å²) in [6.07, 6.45) is 8.57. The zero-order valence-electron chi connectivity index (χ0n) is 12.7. The molecule has 21 heavy (non-hydrogen) atoms. The highest BCUT2D eigenvalue weighted by Gasteiger charge is 2.60. The fraction of sp³-hybridized carbons (Fsp3) is 0.706. The standard InChI is InChI=1S/C17H24N2OS/c1-2-16(6-3-4-7-16)12-19-14(13-5-10-21-11-13)18-17(8-9-17)15(19)20/h5,10-11,14,18H,2-4,6-9,12H2,1H3. The lowest BCUT2D eigenvalue weighted by atomic mass is 9.82. The molecule has 3 aliphatic rings. The lowest BCUT2D eigenvalue weighted by molar-refractivity contribution is -0.132. The van der Waals surface area contributed by atoms with Crippen LogP contribution in [0.25, 0.3) is 0 Å². The minimum Gasteiger partial charge on any atom is -0.321 e. The first-order chi connectivity index (χ1) is 10.2. The van der Waals surface area contributed by atoms with Crippen LogP contribution >= 0.6 is 11.3 Å². The molecule has 114 valence electrons. The Morgan fingerprint density at radius 2 is 2.10 bits per heavy atom. The van der Waals surface area contributed by atoms with Gasteiger partial charge >= 0.3 is 0 Å². The highest BCUT2D eigenvalue weighted by molar-refractivity contribution is 7.08. The summed E-state index contributed by atoms with van der Waals surface area (Å²) in [6, 6.07) is 2.16. The lowest BCUT2D eigenvalue weighted by Gasteiger charge is -2.35. The first kappa shape index (κ1) is 13.8. The van der Waals surface area contributed by atoms with Crippen LogP contribution in [0.15, 0.2) is 16.8 Å². The van der Waals surface area contributed by atoms with Gasteiger partial charge in [0, 0.05) is 6.54 Å². The maximum atomic E-state index is 12.9. The van der Waals surface area contributed by atoms with Crippen molar-refractivity contribution in [1.29, 1.82) is 0 Å². The molecule has 0 radical (unpaired) electrons. The van der Waals surface area contributed by atoms with Crippen LogP contribution < -0.4 is 5.32 Å². The molecule has 0 bridgehead atoms. The van der Waals surface area contributed by atoms with Gasteiger partial charge in [-0.1, -0.05) is 19.8 Å². The maximum Gasteiger partial charge on any atom is 0.244 e. The fourth-order valence-electron chi connectivity index (χ4n) is 4.24. The van der Waals surface area contributed by atoms with E-state index in [1.54, 1.807) is 11.3 Å². The van der Waals surface area contributed by atoms with Gasteiger partial charge in [0.15, 0.2) is 0 Å². The average molecular weight is 304 g/mol. The molecule has 1 saturated heterocycles. The number of nitrogens with zero attached hydrogens (tertiary/aromatic N) is 1. The second-order valence-electron chi connectivity index (χ2n) is 7.18. The third-order valence-corrected chi connectivity index (χ3v) is 6.63. The molecular formula is C17H24N2OS. The first-order valence-corrected chi connectivity index (χ1v) is 9.23. The third kappa shape index (κ3) is 2.15. The Morgan fingerprint density at radius 1 is 1.33 bits per heavy atom. The second-order valence-corrected chi connectivity index (χ2v) is 7.96. The van der Waals surface area contributed by atoms with Gasteiger partial charge in [0.25, 0.3) is 0 Å². The summed E-state index contributed by atoms with van der Waals surface area (Å²) in [5, 5.41) is 7.94. The molecule has 2 saturated carbocycles. The predicted octanol–water partition coefficient (Wildman–Crippen LogP) is 3.68. The summed E-state index contributed by atoms with van der Waals surface area (Å²) in [5.41, 5.74) is 1.42. The Labute approximate surface area is 130 Å². The Morgan fingerprint density at radius 3 is 2.67 bits per heavy atom. The average Bonchev–Trinajstić information content (AvgIpc) is 2.88. The van der Waals surface area contributed by atoms with Gasteiger partial charge in [0.2, 0.25) is 5.91 Å². The van der Waals surface area contributed by atoms with E-state index in [4.69, 9.17) is 0 Å². The molecule has 2 aliphatic carbocycles. The highest BCUT2D eigenvalue weighted by atomic mass is 32.1. The number of amides is 1. The molecule has 2 heterocycles. The van der Waals surface area contributed by atoms with Gasteiger partial charge in [-0.3, -0.25) is 10.1 Å². The molecule has 0 aromatic carbocycles. The normalized spacial score (nSPS) is 29.5.